The molecule has 2 saturated heterocycles. The zero-order valence-electron chi connectivity index (χ0n) is 17.0. The van der Waals surface area contributed by atoms with E-state index in [2.05, 4.69) is 4.72 Å². The van der Waals surface area contributed by atoms with Gasteiger partial charge in [-0.1, -0.05) is 24.3 Å². The van der Waals surface area contributed by atoms with Crippen molar-refractivity contribution in [2.24, 2.45) is 0 Å². The number of amides is 1. The van der Waals surface area contributed by atoms with Gasteiger partial charge in [-0.3, -0.25) is 4.79 Å². The molecule has 2 heterocycles. The summed E-state index contributed by atoms with van der Waals surface area (Å²) in [7, 11) is -0.247. The molecule has 0 aliphatic carbocycles. The van der Waals surface area contributed by atoms with Crippen molar-refractivity contribution in [1.82, 2.24) is 9.62 Å². The number of β-lactam (4-membered cyclic amide) rings is 1. The largest absolute Gasteiger partial charge is 0.480 e. The van der Waals surface area contributed by atoms with Gasteiger partial charge in [0.05, 0.1) is 4.90 Å². The van der Waals surface area contributed by atoms with Crippen LogP contribution >= 0.6 is 11.8 Å². The molecule has 2 aliphatic heterocycles. The van der Waals surface area contributed by atoms with Crippen LogP contribution in [0.25, 0.3) is 10.8 Å². The summed E-state index contributed by atoms with van der Waals surface area (Å²) in [6.07, 6.45) is 0. The molecule has 0 saturated carbocycles. The number of benzene rings is 2. The first-order valence-corrected chi connectivity index (χ1v) is 11.8. The Kier molecular flexibility index (Phi) is 4.79. The van der Waals surface area contributed by atoms with Crippen molar-refractivity contribution in [3.8, 4) is 0 Å². The minimum Gasteiger partial charge on any atom is -0.480 e. The highest BCUT2D eigenvalue weighted by molar-refractivity contribution is 8.01. The summed E-state index contributed by atoms with van der Waals surface area (Å²) in [6, 6.07) is 8.50. The Morgan fingerprint density at radius 1 is 1.17 bits per heavy atom. The van der Waals surface area contributed by atoms with Crippen LogP contribution < -0.4 is 9.62 Å². The van der Waals surface area contributed by atoms with E-state index in [9.17, 15) is 23.1 Å². The molecule has 10 heteroatoms. The highest BCUT2D eigenvalue weighted by atomic mass is 32.2. The predicted octanol–water partition coefficient (Wildman–Crippen LogP) is 1.70. The molecule has 1 amide bonds. The third-order valence-electron chi connectivity index (χ3n) is 5.59. The highest BCUT2D eigenvalue weighted by Crippen LogP contribution is 2.51. The van der Waals surface area contributed by atoms with E-state index in [1.807, 2.05) is 31.1 Å². The number of fused-ring (bicyclic) bond motifs is 2. The lowest BCUT2D eigenvalue weighted by molar-refractivity contribution is -0.159. The van der Waals surface area contributed by atoms with Gasteiger partial charge in [-0.05, 0) is 26.0 Å². The van der Waals surface area contributed by atoms with Gasteiger partial charge < -0.3 is 14.9 Å². The van der Waals surface area contributed by atoms with E-state index in [1.165, 1.54) is 22.7 Å². The van der Waals surface area contributed by atoms with Gasteiger partial charge in [0.15, 0.2) is 0 Å². The fourth-order valence-corrected chi connectivity index (χ4v) is 7.37. The second-order valence-electron chi connectivity index (χ2n) is 8.22. The number of rotatable bonds is 5. The van der Waals surface area contributed by atoms with Crippen LogP contribution in [0, 0.1) is 0 Å². The Bertz CT molecular complexity index is 1160. The van der Waals surface area contributed by atoms with Gasteiger partial charge in [0, 0.05) is 35.3 Å². The zero-order valence-corrected chi connectivity index (χ0v) is 18.6. The third-order valence-corrected chi connectivity index (χ3v) is 8.66. The Balaban J connectivity index is 1.68. The molecule has 30 heavy (non-hydrogen) atoms. The van der Waals surface area contributed by atoms with Crippen LogP contribution in [-0.2, 0) is 19.6 Å². The van der Waals surface area contributed by atoms with Crippen molar-refractivity contribution in [3.05, 3.63) is 36.4 Å². The standard InChI is InChI=1S/C20H23N3O5S2/c1-20(2)16(19(25)26)23-17(24)15(18(23)29-20)21-30(27,28)14-10-6-7-11-12(14)8-5-9-13(11)22(3)4/h5-10,15-16,18,21H,1-4H3,(H,25,26)/t15-,16+,18-/m1/s1. The summed E-state index contributed by atoms with van der Waals surface area (Å²) >= 11 is 1.30. The van der Waals surface area contributed by atoms with E-state index in [1.54, 1.807) is 32.0 Å². The van der Waals surface area contributed by atoms with Crippen molar-refractivity contribution in [3.63, 3.8) is 0 Å². The molecular formula is C20H23N3O5S2. The van der Waals surface area contributed by atoms with Crippen LogP contribution in [0.3, 0.4) is 0 Å². The van der Waals surface area contributed by atoms with Gasteiger partial charge >= 0.3 is 5.97 Å². The van der Waals surface area contributed by atoms with Gasteiger partial charge in [0.1, 0.15) is 17.5 Å². The molecule has 8 nitrogen and oxygen atoms in total. The molecule has 4 rings (SSSR count). The fourth-order valence-electron chi connectivity index (χ4n) is 4.24. The van der Waals surface area contributed by atoms with Crippen LogP contribution in [-0.4, -0.2) is 66.6 Å². The Labute approximate surface area is 179 Å². The van der Waals surface area contributed by atoms with Crippen LogP contribution in [0.4, 0.5) is 5.69 Å². The fraction of sp³-hybridized carbons (Fsp3) is 0.400. The van der Waals surface area contributed by atoms with Crippen LogP contribution in [0.1, 0.15) is 13.8 Å². The Morgan fingerprint density at radius 3 is 2.43 bits per heavy atom. The first-order valence-electron chi connectivity index (χ1n) is 9.40. The second kappa shape index (κ2) is 6.86. The molecule has 0 radical (unpaired) electrons. The first-order chi connectivity index (χ1) is 14.0. The van der Waals surface area contributed by atoms with E-state index in [0.29, 0.717) is 5.39 Å². The minimum absolute atomic E-state index is 0.0898. The van der Waals surface area contributed by atoms with E-state index in [-0.39, 0.29) is 4.90 Å². The summed E-state index contributed by atoms with van der Waals surface area (Å²) in [5.74, 6) is -1.60. The van der Waals surface area contributed by atoms with Crippen molar-refractivity contribution < 1.29 is 23.1 Å². The number of anilines is 1. The molecule has 2 aromatic rings. The quantitative estimate of drug-likeness (QED) is 0.669. The Hall–Kier alpha value is -2.30. The minimum atomic E-state index is -4.01. The second-order valence-corrected chi connectivity index (χ2v) is 11.7. The number of sulfonamides is 1. The number of nitrogens with zero attached hydrogens (tertiary/aromatic N) is 2. The van der Waals surface area contributed by atoms with Gasteiger partial charge in [-0.15, -0.1) is 11.8 Å². The lowest BCUT2D eigenvalue weighted by Crippen LogP contribution is -2.70. The van der Waals surface area contributed by atoms with Gasteiger partial charge in [-0.25, -0.2) is 13.2 Å². The first kappa shape index (κ1) is 21.0. The molecule has 3 atom stereocenters. The number of carboxylic acids is 1. The monoisotopic (exact) mass is 449 g/mol. The topological polar surface area (TPSA) is 107 Å². The van der Waals surface area contributed by atoms with Crippen molar-refractivity contribution in [2.75, 3.05) is 19.0 Å². The van der Waals surface area contributed by atoms with E-state index in [4.69, 9.17) is 0 Å². The van der Waals surface area contributed by atoms with Gasteiger partial charge in [0.2, 0.25) is 15.9 Å². The number of carbonyl (C=O) groups excluding carboxylic acids is 1. The maximum atomic E-state index is 13.2. The molecule has 2 N–H and O–H groups in total. The maximum absolute atomic E-state index is 13.2. The van der Waals surface area contributed by atoms with E-state index >= 15 is 0 Å². The predicted molar refractivity (Wildman–Crippen MR) is 116 cm³/mol. The van der Waals surface area contributed by atoms with Gasteiger partial charge in [0.25, 0.3) is 0 Å². The number of carboxylic acid groups (broad SMARTS) is 1. The number of hydrogen-bond acceptors (Lipinski definition) is 6. The average Bonchev–Trinajstić information content (AvgIpc) is 2.93. The Morgan fingerprint density at radius 2 is 1.80 bits per heavy atom. The number of carbonyl (C=O) groups is 2. The van der Waals surface area contributed by atoms with E-state index < -0.39 is 44.1 Å². The molecule has 0 bridgehead atoms. The van der Waals surface area contributed by atoms with Crippen molar-refractivity contribution >= 4 is 50.1 Å². The van der Waals surface area contributed by atoms with E-state index in [0.717, 1.165) is 11.1 Å². The van der Waals surface area contributed by atoms with Gasteiger partial charge in [-0.2, -0.15) is 4.72 Å². The summed E-state index contributed by atoms with van der Waals surface area (Å²) in [5.41, 5.74) is 0.882. The normalized spacial score (nSPS) is 25.1. The number of hydrogen-bond donors (Lipinski definition) is 2. The van der Waals surface area contributed by atoms with Crippen LogP contribution in [0.2, 0.25) is 0 Å². The summed E-state index contributed by atoms with van der Waals surface area (Å²) in [6.45, 7) is 3.50. The molecular weight excluding hydrogens is 426 g/mol. The number of aliphatic carboxylic acids is 1. The summed E-state index contributed by atoms with van der Waals surface area (Å²) < 4.78 is 28.2. The summed E-state index contributed by atoms with van der Waals surface area (Å²) in [5, 5.41) is 10.3. The molecule has 160 valence electrons. The lowest BCUT2D eigenvalue weighted by Gasteiger charge is -2.43. The van der Waals surface area contributed by atoms with Crippen LogP contribution in [0.5, 0.6) is 0 Å². The molecule has 2 aliphatic rings. The van der Waals surface area contributed by atoms with Crippen LogP contribution in [0.15, 0.2) is 41.3 Å². The molecule has 0 spiro atoms. The SMILES string of the molecule is CN(C)c1cccc2c(S(=O)(=O)N[C@@H]3C(=O)N4[C@@H]3SC(C)(C)[C@@H]4C(=O)O)cccc12. The molecule has 0 aromatic heterocycles. The highest BCUT2D eigenvalue weighted by Gasteiger charge is 2.64. The zero-order chi connectivity index (χ0) is 22.0. The summed E-state index contributed by atoms with van der Waals surface area (Å²) in [4.78, 5) is 27.6. The van der Waals surface area contributed by atoms with Crippen molar-refractivity contribution in [1.29, 1.82) is 0 Å². The third kappa shape index (κ3) is 3.05. The maximum Gasteiger partial charge on any atom is 0.327 e. The number of thioether (sulfide) groups is 1. The average molecular weight is 450 g/mol. The number of nitrogens with one attached hydrogen (secondary N) is 1. The van der Waals surface area contributed by atoms with Crippen molar-refractivity contribution in [2.45, 2.75) is 40.9 Å². The molecule has 2 fully saturated rings. The smallest absolute Gasteiger partial charge is 0.327 e. The molecule has 0 unspecified atom stereocenters. The lowest BCUT2D eigenvalue weighted by atomic mass is 9.96. The molecule has 2 aromatic carbocycles.